The Morgan fingerprint density at radius 3 is 2.85 bits per heavy atom. The minimum Gasteiger partial charge on any atom is -0.491 e. The molecule has 3 aromatic rings. The third-order valence-electron chi connectivity index (χ3n) is 5.68. The molecule has 1 aromatic carbocycles. The van der Waals surface area contributed by atoms with Crippen LogP contribution in [0.2, 0.25) is 0 Å². The second-order valence-corrected chi connectivity index (χ2v) is 9.35. The molecule has 6 nitrogen and oxygen atoms in total. The molecule has 1 aliphatic heterocycles. The summed E-state index contributed by atoms with van der Waals surface area (Å²) in [7, 11) is 0. The number of fused-ring (bicyclic) bond motifs is 1. The number of ether oxygens (including phenoxy) is 1. The first-order chi connectivity index (χ1) is 15.9. The van der Waals surface area contributed by atoms with Gasteiger partial charge in [0.05, 0.1) is 18.8 Å². The lowest BCUT2D eigenvalue weighted by Gasteiger charge is -2.37. The summed E-state index contributed by atoms with van der Waals surface area (Å²) in [6.07, 6.45) is 2.31. The monoisotopic (exact) mass is 470 g/mol. The Bertz CT molecular complexity index is 1100. The van der Waals surface area contributed by atoms with E-state index in [9.17, 15) is 14.0 Å². The van der Waals surface area contributed by atoms with Crippen molar-refractivity contribution in [1.29, 1.82) is 0 Å². The molecule has 0 saturated heterocycles. The predicted octanol–water partition coefficient (Wildman–Crippen LogP) is 4.67. The molecule has 0 radical (unpaired) electrons. The number of hydrogen-bond donors (Lipinski definition) is 0. The van der Waals surface area contributed by atoms with Crippen LogP contribution in [0.5, 0.6) is 5.75 Å². The Kier molecular flexibility index (Phi) is 7.13. The van der Waals surface area contributed by atoms with Crippen molar-refractivity contribution in [3.63, 3.8) is 0 Å². The molecule has 1 aliphatic rings. The van der Waals surface area contributed by atoms with Crippen LogP contribution < -0.4 is 4.74 Å². The van der Waals surface area contributed by atoms with Crippen molar-refractivity contribution in [2.75, 3.05) is 19.7 Å². The van der Waals surface area contributed by atoms with E-state index in [4.69, 9.17) is 9.15 Å². The van der Waals surface area contributed by atoms with Gasteiger partial charge in [0.25, 0.3) is 0 Å². The second kappa shape index (κ2) is 10.2. The molecule has 0 spiro atoms. The molecule has 2 amide bonds. The average molecular weight is 471 g/mol. The fraction of sp³-hybridized carbons (Fsp3) is 0.360. The van der Waals surface area contributed by atoms with Crippen molar-refractivity contribution in [2.45, 2.75) is 32.9 Å². The summed E-state index contributed by atoms with van der Waals surface area (Å²) in [4.78, 5) is 30.8. The van der Waals surface area contributed by atoms with Crippen molar-refractivity contribution < 1.29 is 23.1 Å². The highest BCUT2D eigenvalue weighted by Crippen LogP contribution is 2.34. The summed E-state index contributed by atoms with van der Waals surface area (Å²) in [5.74, 6) is 0.160. The van der Waals surface area contributed by atoms with Crippen molar-refractivity contribution in [1.82, 2.24) is 9.80 Å². The van der Waals surface area contributed by atoms with Gasteiger partial charge in [-0.15, -0.1) is 11.3 Å². The zero-order valence-electron chi connectivity index (χ0n) is 18.7. The average Bonchev–Trinajstić information content (AvgIpc) is 3.48. The molecule has 0 saturated carbocycles. The van der Waals surface area contributed by atoms with E-state index in [0.29, 0.717) is 18.1 Å². The van der Waals surface area contributed by atoms with Gasteiger partial charge in [-0.2, -0.15) is 0 Å². The smallest absolute Gasteiger partial charge is 0.242 e. The number of rotatable bonds is 8. The van der Waals surface area contributed by atoms with Crippen LogP contribution in [0.25, 0.3) is 0 Å². The van der Waals surface area contributed by atoms with Gasteiger partial charge in [-0.3, -0.25) is 9.59 Å². The zero-order valence-corrected chi connectivity index (χ0v) is 19.5. The van der Waals surface area contributed by atoms with E-state index in [2.05, 4.69) is 0 Å². The van der Waals surface area contributed by atoms with E-state index in [1.807, 2.05) is 25.3 Å². The van der Waals surface area contributed by atoms with Gasteiger partial charge < -0.3 is 19.0 Å². The number of amides is 2. The maximum absolute atomic E-state index is 13.6. The second-order valence-electron chi connectivity index (χ2n) is 8.35. The molecule has 8 heteroatoms. The fourth-order valence-electron chi connectivity index (χ4n) is 4.03. The van der Waals surface area contributed by atoms with Crippen LogP contribution in [0.3, 0.4) is 0 Å². The Balaban J connectivity index is 1.52. The normalized spacial score (nSPS) is 15.4. The topological polar surface area (TPSA) is 63.0 Å². The van der Waals surface area contributed by atoms with Crippen molar-refractivity contribution >= 4 is 23.2 Å². The standard InChI is InChI=1S/C25H27FN2O4S/c1-17(2)25(30)27(14-20-7-4-11-31-20)15-24(29)28-10-8-23-21(9-12-33-23)22(28)16-32-19-6-3-5-18(26)13-19/h3-7,9,11-13,17,22H,8,10,14-16H2,1-2H3/t22-/m1/s1. The number of benzene rings is 1. The quantitative estimate of drug-likeness (QED) is 0.480. The number of hydrogen-bond acceptors (Lipinski definition) is 5. The Morgan fingerprint density at radius 1 is 1.27 bits per heavy atom. The van der Waals surface area contributed by atoms with E-state index < -0.39 is 0 Å². The summed E-state index contributed by atoms with van der Waals surface area (Å²) in [5.41, 5.74) is 1.05. The predicted molar refractivity (Wildman–Crippen MR) is 123 cm³/mol. The largest absolute Gasteiger partial charge is 0.491 e. The van der Waals surface area contributed by atoms with Gasteiger partial charge in [-0.1, -0.05) is 19.9 Å². The van der Waals surface area contributed by atoms with Gasteiger partial charge >= 0.3 is 0 Å². The van der Waals surface area contributed by atoms with Gasteiger partial charge in [0.2, 0.25) is 11.8 Å². The summed E-state index contributed by atoms with van der Waals surface area (Å²) >= 11 is 1.66. The summed E-state index contributed by atoms with van der Waals surface area (Å²) < 4.78 is 24.9. The molecule has 4 rings (SSSR count). The maximum atomic E-state index is 13.6. The molecule has 174 valence electrons. The molecule has 1 atom stereocenters. The molecular weight excluding hydrogens is 443 g/mol. The van der Waals surface area contributed by atoms with Gasteiger partial charge in [0, 0.05) is 23.4 Å². The Labute approximate surface area is 196 Å². The highest BCUT2D eigenvalue weighted by Gasteiger charge is 2.34. The Hall–Kier alpha value is -3.13. The van der Waals surface area contributed by atoms with Gasteiger partial charge in [-0.25, -0.2) is 4.39 Å². The number of carbonyl (C=O) groups excluding carboxylic acids is 2. The molecule has 2 aromatic heterocycles. The minimum absolute atomic E-state index is 0.0480. The molecule has 33 heavy (non-hydrogen) atoms. The van der Waals surface area contributed by atoms with Crippen LogP contribution in [-0.2, 0) is 22.6 Å². The fourth-order valence-corrected chi connectivity index (χ4v) is 4.96. The number of carbonyl (C=O) groups is 2. The summed E-state index contributed by atoms with van der Waals surface area (Å²) in [5, 5.41) is 2.01. The van der Waals surface area contributed by atoms with Crippen molar-refractivity contribution in [2.24, 2.45) is 5.92 Å². The maximum Gasteiger partial charge on any atom is 0.242 e. The van der Waals surface area contributed by atoms with E-state index >= 15 is 0 Å². The van der Waals surface area contributed by atoms with Crippen molar-refractivity contribution in [3.8, 4) is 5.75 Å². The molecule has 0 unspecified atom stereocenters. The van der Waals surface area contributed by atoms with Crippen LogP contribution in [-0.4, -0.2) is 41.3 Å². The number of nitrogens with zero attached hydrogens (tertiary/aromatic N) is 2. The summed E-state index contributed by atoms with van der Waals surface area (Å²) in [6, 6.07) is 11.2. The summed E-state index contributed by atoms with van der Waals surface area (Å²) in [6.45, 7) is 4.56. The van der Waals surface area contributed by atoms with Gasteiger partial charge in [0.1, 0.15) is 30.5 Å². The Morgan fingerprint density at radius 2 is 2.12 bits per heavy atom. The molecular formula is C25H27FN2O4S. The first kappa shape index (κ1) is 23.0. The molecule has 0 bridgehead atoms. The first-order valence-electron chi connectivity index (χ1n) is 11.0. The van der Waals surface area contributed by atoms with E-state index in [1.165, 1.54) is 17.0 Å². The highest BCUT2D eigenvalue weighted by molar-refractivity contribution is 7.10. The molecule has 3 heterocycles. The lowest BCUT2D eigenvalue weighted by molar-refractivity contribution is -0.145. The van der Waals surface area contributed by atoms with Crippen LogP contribution in [0.4, 0.5) is 4.39 Å². The molecule has 0 N–H and O–H groups in total. The van der Waals surface area contributed by atoms with Gasteiger partial charge in [-0.05, 0) is 47.7 Å². The third-order valence-corrected chi connectivity index (χ3v) is 6.67. The van der Waals surface area contributed by atoms with Crippen LogP contribution in [0, 0.1) is 11.7 Å². The lowest BCUT2D eigenvalue weighted by atomic mass is 10.00. The van der Waals surface area contributed by atoms with Crippen LogP contribution in [0.15, 0.2) is 58.5 Å². The third kappa shape index (κ3) is 5.45. The number of thiophene rings is 1. The van der Waals surface area contributed by atoms with Crippen molar-refractivity contribution in [3.05, 3.63) is 76.1 Å². The van der Waals surface area contributed by atoms with Crippen LogP contribution >= 0.6 is 11.3 Å². The van der Waals surface area contributed by atoms with Crippen LogP contribution in [0.1, 0.15) is 36.1 Å². The van der Waals surface area contributed by atoms with E-state index in [0.717, 1.165) is 12.0 Å². The number of furan rings is 1. The number of halogens is 1. The zero-order chi connectivity index (χ0) is 23.4. The molecule has 0 aliphatic carbocycles. The van der Waals surface area contributed by atoms with Gasteiger partial charge in [0.15, 0.2) is 0 Å². The molecule has 0 fully saturated rings. The SMILES string of the molecule is CC(C)C(=O)N(CC(=O)N1CCc2sccc2[C@H]1COc1cccc(F)c1)Cc1ccco1. The minimum atomic E-state index is -0.374. The highest BCUT2D eigenvalue weighted by atomic mass is 32.1. The van der Waals surface area contributed by atoms with E-state index in [-0.39, 0.29) is 49.3 Å². The van der Waals surface area contributed by atoms with E-state index in [1.54, 1.807) is 51.7 Å². The lowest BCUT2D eigenvalue weighted by Crippen LogP contribution is -2.48. The first-order valence-corrected chi connectivity index (χ1v) is 11.9.